The Morgan fingerprint density at radius 1 is 0.470 bits per heavy atom. The van der Waals surface area contributed by atoms with E-state index in [1.807, 2.05) is 42.6 Å². The van der Waals surface area contributed by atoms with Gasteiger partial charge in [0.25, 0.3) is 0 Å². The van der Waals surface area contributed by atoms with Gasteiger partial charge >= 0.3 is 0 Å². The first-order chi connectivity index (χ1) is 32.6. The third-order valence-electron chi connectivity index (χ3n) is 13.6. The molecule has 0 radical (unpaired) electrons. The molecule has 1 unspecified atom stereocenters. The molecular weight excluding hydrogens is 801 g/mol. The lowest BCUT2D eigenvalue weighted by Crippen LogP contribution is -2.28. The topological polar surface area (TPSA) is 51.6 Å². The van der Waals surface area contributed by atoms with E-state index < -0.39 is 5.41 Å². The molecule has 12 rings (SSSR count). The van der Waals surface area contributed by atoms with Crippen molar-refractivity contribution in [3.8, 4) is 56.4 Å². The summed E-state index contributed by atoms with van der Waals surface area (Å²) in [7, 11) is 0. The molecule has 9 aromatic rings. The Morgan fingerprint density at radius 2 is 0.985 bits per heavy atom. The fraction of sp³-hybridized carbons (Fsp3) is 0.0645. The molecule has 4 heteroatoms. The summed E-state index contributed by atoms with van der Waals surface area (Å²) in [4.78, 5) is 19.8. The van der Waals surface area contributed by atoms with Crippen molar-refractivity contribution in [1.82, 2.24) is 19.9 Å². The van der Waals surface area contributed by atoms with E-state index >= 15 is 0 Å². The van der Waals surface area contributed by atoms with Gasteiger partial charge in [0.05, 0.1) is 10.9 Å². The van der Waals surface area contributed by atoms with E-state index in [2.05, 4.69) is 201 Å². The third-order valence-corrected chi connectivity index (χ3v) is 13.6. The van der Waals surface area contributed by atoms with Crippen molar-refractivity contribution in [1.29, 1.82) is 0 Å². The summed E-state index contributed by atoms with van der Waals surface area (Å²) in [5.74, 6) is 2.03. The quantitative estimate of drug-likeness (QED) is 0.167. The second kappa shape index (κ2) is 16.0. The van der Waals surface area contributed by atoms with Crippen LogP contribution in [0, 0.1) is 5.92 Å². The lowest BCUT2D eigenvalue weighted by Gasteiger charge is -2.34. The van der Waals surface area contributed by atoms with Gasteiger partial charge in [0, 0.05) is 39.8 Å². The number of pyridine rings is 1. The Balaban J connectivity index is 0.916. The van der Waals surface area contributed by atoms with Gasteiger partial charge in [-0.2, -0.15) is 0 Å². The van der Waals surface area contributed by atoms with Crippen molar-refractivity contribution < 1.29 is 0 Å². The predicted molar refractivity (Wildman–Crippen MR) is 271 cm³/mol. The number of nitrogens with zero attached hydrogens (tertiary/aromatic N) is 4. The first-order valence-corrected chi connectivity index (χ1v) is 22.7. The van der Waals surface area contributed by atoms with Crippen molar-refractivity contribution in [3.63, 3.8) is 0 Å². The Bertz CT molecular complexity index is 3480. The molecule has 2 aromatic heterocycles. The Labute approximate surface area is 385 Å². The summed E-state index contributed by atoms with van der Waals surface area (Å²) in [5.41, 5.74) is 19.8. The molecule has 0 saturated heterocycles. The van der Waals surface area contributed by atoms with Gasteiger partial charge in [0.1, 0.15) is 0 Å². The minimum atomic E-state index is -0.434. The van der Waals surface area contributed by atoms with E-state index in [-0.39, 0.29) is 5.92 Å². The average Bonchev–Trinajstić information content (AvgIpc) is 3.85. The van der Waals surface area contributed by atoms with E-state index in [0.29, 0.717) is 17.5 Å². The summed E-state index contributed by atoms with van der Waals surface area (Å²) < 4.78 is 0. The van der Waals surface area contributed by atoms with E-state index in [1.165, 1.54) is 55.7 Å². The molecule has 1 atom stereocenters. The Morgan fingerprint density at radius 3 is 1.61 bits per heavy atom. The highest BCUT2D eigenvalue weighted by Crippen LogP contribution is 2.65. The zero-order chi connectivity index (χ0) is 44.2. The van der Waals surface area contributed by atoms with Crippen LogP contribution in [0.15, 0.2) is 236 Å². The maximum atomic E-state index is 5.09. The maximum Gasteiger partial charge on any atom is 0.164 e. The minimum Gasteiger partial charge on any atom is -0.256 e. The normalized spacial score (nSPS) is 17.3. The van der Waals surface area contributed by atoms with Gasteiger partial charge in [-0.3, -0.25) is 4.98 Å². The second-order valence-electron chi connectivity index (χ2n) is 17.3. The number of hydrogen-bond acceptors (Lipinski definition) is 4. The van der Waals surface area contributed by atoms with Crippen molar-refractivity contribution in [2.24, 2.45) is 5.92 Å². The fourth-order valence-electron chi connectivity index (χ4n) is 10.6. The van der Waals surface area contributed by atoms with Gasteiger partial charge in [-0.15, -0.1) is 0 Å². The molecule has 0 saturated carbocycles. The number of benzene rings is 7. The van der Waals surface area contributed by atoms with Crippen molar-refractivity contribution in [2.45, 2.75) is 19.3 Å². The largest absolute Gasteiger partial charge is 0.256 e. The molecule has 0 amide bonds. The van der Waals surface area contributed by atoms with Crippen LogP contribution in [0.25, 0.3) is 78.5 Å². The van der Waals surface area contributed by atoms with Crippen LogP contribution in [0.3, 0.4) is 0 Å². The molecule has 0 fully saturated rings. The Hall–Kier alpha value is -8.34. The highest BCUT2D eigenvalue weighted by atomic mass is 15.0. The molecule has 2 heterocycles. The maximum absolute atomic E-state index is 5.09. The van der Waals surface area contributed by atoms with Gasteiger partial charge < -0.3 is 0 Å². The van der Waals surface area contributed by atoms with E-state index in [1.54, 1.807) is 0 Å². The summed E-state index contributed by atoms with van der Waals surface area (Å²) in [6.07, 6.45) is 15.6. The first-order valence-electron chi connectivity index (χ1n) is 22.7. The minimum absolute atomic E-state index is 0.141. The smallest absolute Gasteiger partial charge is 0.164 e. The van der Waals surface area contributed by atoms with Gasteiger partial charge in [-0.05, 0) is 79.8 Å². The lowest BCUT2D eigenvalue weighted by molar-refractivity contribution is 0.758. The molecule has 0 aliphatic heterocycles. The van der Waals surface area contributed by atoms with Crippen LogP contribution in [0.5, 0.6) is 0 Å². The molecule has 1 spiro atoms. The van der Waals surface area contributed by atoms with Crippen molar-refractivity contribution in [2.75, 3.05) is 0 Å². The molecule has 4 nitrogen and oxygen atoms in total. The fourth-order valence-corrected chi connectivity index (χ4v) is 10.6. The molecule has 3 aliphatic carbocycles. The number of aromatic nitrogens is 4. The molecule has 312 valence electrons. The number of hydrogen-bond donors (Lipinski definition) is 0. The van der Waals surface area contributed by atoms with Gasteiger partial charge in [-0.25, -0.2) is 15.0 Å². The number of fused-ring (bicyclic) bond motifs is 8. The summed E-state index contributed by atoms with van der Waals surface area (Å²) >= 11 is 0. The molecule has 7 aromatic carbocycles. The van der Waals surface area contributed by atoms with Crippen LogP contribution in [-0.4, -0.2) is 19.9 Å². The molecule has 0 bridgehead atoms. The number of rotatable bonds is 6. The van der Waals surface area contributed by atoms with Crippen LogP contribution in [0.4, 0.5) is 0 Å². The monoisotopic (exact) mass is 844 g/mol. The second-order valence-corrected chi connectivity index (χ2v) is 17.3. The average molecular weight is 845 g/mol. The molecule has 0 N–H and O–H groups in total. The molecule has 3 aliphatic rings. The van der Waals surface area contributed by atoms with Gasteiger partial charge in [0.15, 0.2) is 17.5 Å². The molecule has 66 heavy (non-hydrogen) atoms. The summed E-state index contributed by atoms with van der Waals surface area (Å²) in [5, 5.41) is 1.12. The summed E-state index contributed by atoms with van der Waals surface area (Å²) in [6.45, 7) is 4.44. The van der Waals surface area contributed by atoms with Crippen molar-refractivity contribution in [3.05, 3.63) is 264 Å². The van der Waals surface area contributed by atoms with Crippen LogP contribution in [0.1, 0.15) is 41.7 Å². The zero-order valence-corrected chi connectivity index (χ0v) is 36.7. The van der Waals surface area contributed by atoms with E-state index in [4.69, 9.17) is 15.0 Å². The SMILES string of the molecule is C\C=C/C=C1\C(=C2/C=CC(c3ccc(-c4nc(-c5ccccc5)nc(-c5ccc(-c6cccc7cccnc67)cc5)n4)cc3)=CC2C)C2(c3ccccc31)c1ccccc1-c1ccccc12. The van der Waals surface area contributed by atoms with Crippen molar-refractivity contribution >= 4 is 22.0 Å². The van der Waals surface area contributed by atoms with E-state index in [9.17, 15) is 0 Å². The number of allylic oxidation sites excluding steroid dienone is 10. The van der Waals surface area contributed by atoms with E-state index in [0.717, 1.165) is 44.3 Å². The first kappa shape index (κ1) is 39.3. The Kier molecular flexibility index (Phi) is 9.53. The third kappa shape index (κ3) is 6.29. The summed E-state index contributed by atoms with van der Waals surface area (Å²) in [6, 6.07) is 64.7. The van der Waals surface area contributed by atoms with Crippen LogP contribution < -0.4 is 0 Å². The van der Waals surface area contributed by atoms with Crippen LogP contribution >= 0.6 is 0 Å². The highest BCUT2D eigenvalue weighted by molar-refractivity contribution is 6.01. The standard InChI is InChI=1S/C62H44N4/c1-3-4-20-53-52-23-10-13-27-56(52)62(54-25-11-8-21-50(54)51-22-9-12-26-55(51)62)57(53)48-37-36-47(39-40(48)2)41-28-32-45(33-29-41)60-64-59(44-16-6-5-7-17-44)65-61(66-60)46-34-30-42(31-35-46)49-24-14-18-43-19-15-38-63-58(43)49/h3-40H,1-2H3/b4-3-,53-20-,57-48-. The predicted octanol–water partition coefficient (Wildman–Crippen LogP) is 15.0. The highest BCUT2D eigenvalue weighted by Gasteiger charge is 2.54. The van der Waals surface area contributed by atoms with Crippen LogP contribution in [-0.2, 0) is 5.41 Å². The number of para-hydroxylation sites is 1. The molecular formula is C62H44N4. The van der Waals surface area contributed by atoms with Crippen LogP contribution in [0.2, 0.25) is 0 Å². The van der Waals surface area contributed by atoms with Gasteiger partial charge in [-0.1, -0.05) is 219 Å². The zero-order valence-electron chi connectivity index (χ0n) is 36.7. The lowest BCUT2D eigenvalue weighted by atomic mass is 9.67. The van der Waals surface area contributed by atoms with Gasteiger partial charge in [0.2, 0.25) is 0 Å².